The third-order valence-corrected chi connectivity index (χ3v) is 6.68. The Labute approximate surface area is 179 Å². The van der Waals surface area contributed by atoms with E-state index in [1.54, 1.807) is 33.7 Å². The summed E-state index contributed by atoms with van der Waals surface area (Å²) in [6.45, 7) is 0.790. The van der Waals surface area contributed by atoms with Gasteiger partial charge in [-0.2, -0.15) is 0 Å². The number of benzene rings is 2. The quantitative estimate of drug-likeness (QED) is 0.652. The van der Waals surface area contributed by atoms with E-state index in [1.807, 2.05) is 24.3 Å². The zero-order valence-corrected chi connectivity index (χ0v) is 17.5. The molecule has 2 aromatic carbocycles. The number of halogens is 2. The molecule has 1 heterocycles. The zero-order valence-electron chi connectivity index (χ0n) is 15.9. The number of hydrogen-bond acceptors (Lipinski definition) is 3. The molecule has 0 atom stereocenters. The van der Waals surface area contributed by atoms with Crippen LogP contribution in [-0.4, -0.2) is 35.1 Å². The molecule has 0 bridgehead atoms. The monoisotopic (exact) mass is 432 g/mol. The lowest BCUT2D eigenvalue weighted by Crippen LogP contribution is -2.37. The summed E-state index contributed by atoms with van der Waals surface area (Å²) in [5.41, 5.74) is 1.25. The highest BCUT2D eigenvalue weighted by atomic mass is 35.5. The first-order valence-electron chi connectivity index (χ1n) is 9.79. The number of rotatable bonds is 6. The Morgan fingerprint density at radius 2 is 1.93 bits per heavy atom. The minimum atomic E-state index is -0.408. The Bertz CT molecular complexity index is 915. The Balaban J connectivity index is 1.41. The van der Waals surface area contributed by atoms with Crippen molar-refractivity contribution in [2.75, 3.05) is 17.2 Å². The number of amides is 2. The molecule has 0 N–H and O–H groups in total. The predicted octanol–water partition coefficient (Wildman–Crippen LogP) is 4.89. The summed E-state index contributed by atoms with van der Waals surface area (Å²) in [5, 5.41) is 0.321. The van der Waals surface area contributed by atoms with Gasteiger partial charge < -0.3 is 9.80 Å². The van der Waals surface area contributed by atoms with Gasteiger partial charge in [0.15, 0.2) is 0 Å². The van der Waals surface area contributed by atoms with Gasteiger partial charge in [-0.15, -0.1) is 11.8 Å². The second-order valence-electron chi connectivity index (χ2n) is 7.31. The standard InChI is InChI=1S/C22H22ClFN2O2S/c23-17-4-3-5-18(24)16(17)14-26(15-8-9-15)22(28)11-10-21(27)25-12-13-29-20-7-2-1-6-19(20)25/h1-7,15H,8-14H2. The Morgan fingerprint density at radius 1 is 1.14 bits per heavy atom. The molecule has 1 fully saturated rings. The number of para-hydroxylation sites is 1. The summed E-state index contributed by atoms with van der Waals surface area (Å²) in [7, 11) is 0. The SMILES string of the molecule is O=C(CCC(=O)N(Cc1c(F)cccc1Cl)C1CC1)N1CCSc2ccccc21. The lowest BCUT2D eigenvalue weighted by atomic mass is 10.1. The maximum atomic E-state index is 14.2. The minimum absolute atomic E-state index is 0.0502. The fourth-order valence-corrected chi connectivity index (χ4v) is 4.80. The van der Waals surface area contributed by atoms with E-state index in [1.165, 1.54) is 6.07 Å². The van der Waals surface area contributed by atoms with Crippen molar-refractivity contribution < 1.29 is 14.0 Å². The molecule has 4 nitrogen and oxygen atoms in total. The van der Waals surface area contributed by atoms with E-state index in [0.717, 1.165) is 29.2 Å². The molecule has 0 aromatic heterocycles. The van der Waals surface area contributed by atoms with Crippen LogP contribution in [0.2, 0.25) is 5.02 Å². The molecule has 0 radical (unpaired) electrons. The van der Waals surface area contributed by atoms with Crippen molar-refractivity contribution in [3.63, 3.8) is 0 Å². The Morgan fingerprint density at radius 3 is 2.69 bits per heavy atom. The van der Waals surface area contributed by atoms with Crippen LogP contribution in [0.15, 0.2) is 47.4 Å². The number of nitrogens with zero attached hydrogens (tertiary/aromatic N) is 2. The molecule has 1 aliphatic carbocycles. The first-order valence-corrected chi connectivity index (χ1v) is 11.2. The molecule has 1 saturated carbocycles. The van der Waals surface area contributed by atoms with Crippen molar-refractivity contribution in [1.29, 1.82) is 0 Å². The van der Waals surface area contributed by atoms with E-state index in [4.69, 9.17) is 11.6 Å². The summed E-state index contributed by atoms with van der Waals surface area (Å²) in [5.74, 6) is 0.261. The smallest absolute Gasteiger partial charge is 0.227 e. The molecule has 4 rings (SSSR count). The van der Waals surface area contributed by atoms with Crippen molar-refractivity contribution in [1.82, 2.24) is 4.90 Å². The average molecular weight is 433 g/mol. The van der Waals surface area contributed by atoms with Crippen molar-refractivity contribution in [3.8, 4) is 0 Å². The van der Waals surface area contributed by atoms with Gasteiger partial charge in [-0.3, -0.25) is 9.59 Å². The third kappa shape index (κ3) is 4.59. The van der Waals surface area contributed by atoms with Gasteiger partial charge in [-0.05, 0) is 37.1 Å². The molecular formula is C22H22ClFN2O2S. The highest BCUT2D eigenvalue weighted by molar-refractivity contribution is 7.99. The van der Waals surface area contributed by atoms with Gasteiger partial charge in [-0.25, -0.2) is 4.39 Å². The fraction of sp³-hybridized carbons (Fsp3) is 0.364. The third-order valence-electron chi connectivity index (χ3n) is 5.28. The summed E-state index contributed by atoms with van der Waals surface area (Å²) >= 11 is 7.88. The maximum absolute atomic E-state index is 14.2. The first kappa shape index (κ1) is 20.2. The summed E-state index contributed by atoms with van der Waals surface area (Å²) < 4.78 is 14.2. The highest BCUT2D eigenvalue weighted by Crippen LogP contribution is 2.35. The van der Waals surface area contributed by atoms with Crippen LogP contribution in [0.1, 0.15) is 31.2 Å². The van der Waals surface area contributed by atoms with Crippen LogP contribution in [-0.2, 0) is 16.1 Å². The number of carbonyl (C=O) groups is 2. The maximum Gasteiger partial charge on any atom is 0.227 e. The van der Waals surface area contributed by atoms with Gasteiger partial charge in [-0.1, -0.05) is 29.8 Å². The molecular weight excluding hydrogens is 411 g/mol. The van der Waals surface area contributed by atoms with Crippen molar-refractivity contribution in [2.24, 2.45) is 0 Å². The average Bonchev–Trinajstić information content (AvgIpc) is 3.56. The van der Waals surface area contributed by atoms with Gasteiger partial charge in [0, 0.05) is 46.7 Å². The van der Waals surface area contributed by atoms with Gasteiger partial charge in [0.05, 0.1) is 12.2 Å². The predicted molar refractivity (Wildman–Crippen MR) is 114 cm³/mol. The van der Waals surface area contributed by atoms with E-state index < -0.39 is 5.82 Å². The lowest BCUT2D eigenvalue weighted by molar-refractivity contribution is -0.134. The van der Waals surface area contributed by atoms with Gasteiger partial charge in [0.25, 0.3) is 0 Å². The van der Waals surface area contributed by atoms with E-state index >= 15 is 0 Å². The molecule has 0 saturated heterocycles. The fourth-order valence-electron chi connectivity index (χ4n) is 3.58. The van der Waals surface area contributed by atoms with Crippen LogP contribution in [0.4, 0.5) is 10.1 Å². The van der Waals surface area contributed by atoms with Crippen LogP contribution < -0.4 is 4.90 Å². The molecule has 29 heavy (non-hydrogen) atoms. The molecule has 152 valence electrons. The second-order valence-corrected chi connectivity index (χ2v) is 8.86. The molecule has 0 spiro atoms. The van der Waals surface area contributed by atoms with Gasteiger partial charge in [0.1, 0.15) is 5.82 Å². The molecule has 0 unspecified atom stereocenters. The van der Waals surface area contributed by atoms with Crippen LogP contribution >= 0.6 is 23.4 Å². The van der Waals surface area contributed by atoms with E-state index in [-0.39, 0.29) is 37.2 Å². The van der Waals surface area contributed by atoms with Crippen LogP contribution in [0, 0.1) is 5.82 Å². The summed E-state index contributed by atoms with van der Waals surface area (Å²) in [4.78, 5) is 30.2. The molecule has 2 aromatic rings. The first-order chi connectivity index (χ1) is 14.0. The van der Waals surface area contributed by atoms with E-state index in [2.05, 4.69) is 0 Å². The largest absolute Gasteiger partial charge is 0.335 e. The van der Waals surface area contributed by atoms with Crippen molar-refractivity contribution in [3.05, 3.63) is 58.9 Å². The van der Waals surface area contributed by atoms with Crippen LogP contribution in [0.5, 0.6) is 0 Å². The van der Waals surface area contributed by atoms with E-state index in [0.29, 0.717) is 17.1 Å². The summed E-state index contributed by atoms with van der Waals surface area (Å²) in [6, 6.07) is 12.5. The number of anilines is 1. The van der Waals surface area contributed by atoms with Crippen LogP contribution in [0.25, 0.3) is 0 Å². The summed E-state index contributed by atoms with van der Waals surface area (Å²) in [6.07, 6.45) is 2.07. The topological polar surface area (TPSA) is 40.6 Å². The van der Waals surface area contributed by atoms with Crippen molar-refractivity contribution in [2.45, 2.75) is 43.2 Å². The minimum Gasteiger partial charge on any atom is -0.335 e. The molecule has 2 amide bonds. The normalized spacial score (nSPS) is 15.7. The van der Waals surface area contributed by atoms with Gasteiger partial charge >= 0.3 is 0 Å². The highest BCUT2D eigenvalue weighted by Gasteiger charge is 2.34. The zero-order chi connectivity index (χ0) is 20.4. The number of hydrogen-bond donors (Lipinski definition) is 0. The second kappa shape index (κ2) is 8.76. The number of fused-ring (bicyclic) bond motifs is 1. The van der Waals surface area contributed by atoms with Crippen LogP contribution in [0.3, 0.4) is 0 Å². The van der Waals surface area contributed by atoms with E-state index in [9.17, 15) is 14.0 Å². The Kier molecular flexibility index (Phi) is 6.11. The van der Waals surface area contributed by atoms with Crippen molar-refractivity contribution >= 4 is 40.9 Å². The molecule has 2 aliphatic rings. The molecule has 1 aliphatic heterocycles. The number of thioether (sulfide) groups is 1. The molecule has 7 heteroatoms. The Hall–Kier alpha value is -2.05. The lowest BCUT2D eigenvalue weighted by Gasteiger charge is -2.29. The van der Waals surface area contributed by atoms with Gasteiger partial charge in [0.2, 0.25) is 11.8 Å². The number of carbonyl (C=O) groups excluding carboxylic acids is 2.